The first-order valence-electron chi connectivity index (χ1n) is 7.69. The molecule has 6 heteroatoms. The standard InChI is InChI=1S/C18H20N4O2/c1-18(2,3)24-17(23)22-8-7-14-5-4-6-16(15(14)12-22)21-11-13(9-19)10-20/h4-6,11,21H,7-8,12H2,1-3H3. The summed E-state index contributed by atoms with van der Waals surface area (Å²) in [6.45, 7) is 6.54. The number of amides is 1. The summed E-state index contributed by atoms with van der Waals surface area (Å²) < 4.78 is 5.43. The van der Waals surface area contributed by atoms with Crippen LogP contribution in [0.15, 0.2) is 30.0 Å². The molecule has 0 atom stereocenters. The number of nitrogens with one attached hydrogen (secondary N) is 1. The Labute approximate surface area is 141 Å². The second kappa shape index (κ2) is 7.06. The number of nitrogens with zero attached hydrogens (tertiary/aromatic N) is 3. The third-order valence-electron chi connectivity index (χ3n) is 3.54. The molecule has 0 fully saturated rings. The van der Waals surface area contributed by atoms with Gasteiger partial charge in [0.2, 0.25) is 0 Å². The smallest absolute Gasteiger partial charge is 0.410 e. The van der Waals surface area contributed by atoms with Crippen LogP contribution in [0.5, 0.6) is 0 Å². The fraction of sp³-hybridized carbons (Fsp3) is 0.389. The van der Waals surface area contributed by atoms with Crippen LogP contribution in [-0.4, -0.2) is 23.1 Å². The molecular formula is C18H20N4O2. The number of carbonyl (C=O) groups excluding carboxylic acids is 1. The number of carbonyl (C=O) groups is 1. The topological polar surface area (TPSA) is 89.2 Å². The molecule has 0 saturated heterocycles. The van der Waals surface area contributed by atoms with Crippen LogP contribution in [0.1, 0.15) is 31.9 Å². The Morgan fingerprint density at radius 3 is 2.67 bits per heavy atom. The second-order valence-electron chi connectivity index (χ2n) is 6.52. The van der Waals surface area contributed by atoms with Crippen molar-refractivity contribution in [2.75, 3.05) is 11.9 Å². The summed E-state index contributed by atoms with van der Waals surface area (Å²) in [6.07, 6.45) is 1.77. The molecule has 0 radical (unpaired) electrons. The summed E-state index contributed by atoms with van der Waals surface area (Å²) in [5, 5.41) is 20.6. The zero-order valence-corrected chi connectivity index (χ0v) is 14.1. The minimum atomic E-state index is -0.535. The van der Waals surface area contributed by atoms with Gasteiger partial charge in [-0.25, -0.2) is 4.79 Å². The molecule has 0 saturated carbocycles. The Hall–Kier alpha value is -2.99. The van der Waals surface area contributed by atoms with Crippen LogP contribution in [0.2, 0.25) is 0 Å². The average Bonchev–Trinajstić information content (AvgIpc) is 2.53. The van der Waals surface area contributed by atoms with Gasteiger partial charge in [0.25, 0.3) is 0 Å². The number of nitriles is 2. The largest absolute Gasteiger partial charge is 0.444 e. The molecule has 2 rings (SSSR count). The van der Waals surface area contributed by atoms with Crippen LogP contribution in [0.25, 0.3) is 0 Å². The SMILES string of the molecule is CC(C)(C)OC(=O)N1CCc2cccc(NC=C(C#N)C#N)c2C1. The van der Waals surface area contributed by atoms with Crippen LogP contribution in [0, 0.1) is 22.7 Å². The van der Waals surface area contributed by atoms with E-state index < -0.39 is 5.60 Å². The molecule has 1 heterocycles. The molecule has 0 spiro atoms. The van der Waals surface area contributed by atoms with Gasteiger partial charge in [0.15, 0.2) is 0 Å². The summed E-state index contributed by atoms with van der Waals surface area (Å²) in [4.78, 5) is 13.9. The number of hydrogen-bond acceptors (Lipinski definition) is 5. The lowest BCUT2D eigenvalue weighted by Crippen LogP contribution is -2.40. The van der Waals surface area contributed by atoms with Crippen LogP contribution in [0.3, 0.4) is 0 Å². The molecule has 0 bridgehead atoms. The van der Waals surface area contributed by atoms with Gasteiger partial charge in [0, 0.05) is 18.4 Å². The molecule has 1 aliphatic rings. The maximum Gasteiger partial charge on any atom is 0.410 e. The van der Waals surface area contributed by atoms with E-state index in [4.69, 9.17) is 15.3 Å². The van der Waals surface area contributed by atoms with Gasteiger partial charge < -0.3 is 15.0 Å². The predicted molar refractivity (Wildman–Crippen MR) is 89.7 cm³/mol. The number of benzene rings is 1. The highest BCUT2D eigenvalue weighted by Gasteiger charge is 2.26. The zero-order chi connectivity index (χ0) is 17.7. The molecular weight excluding hydrogens is 304 g/mol. The Bertz CT molecular complexity index is 732. The van der Waals surface area contributed by atoms with E-state index in [1.165, 1.54) is 6.20 Å². The molecule has 6 nitrogen and oxygen atoms in total. The average molecular weight is 324 g/mol. The van der Waals surface area contributed by atoms with Gasteiger partial charge in [0.1, 0.15) is 23.3 Å². The summed E-state index contributed by atoms with van der Waals surface area (Å²) in [5.41, 5.74) is 2.35. The Morgan fingerprint density at radius 1 is 1.33 bits per heavy atom. The fourth-order valence-electron chi connectivity index (χ4n) is 2.44. The monoisotopic (exact) mass is 324 g/mol. The molecule has 1 aliphatic heterocycles. The van der Waals surface area contributed by atoms with Crippen molar-refractivity contribution in [3.8, 4) is 12.1 Å². The van der Waals surface area contributed by atoms with Gasteiger partial charge in [0.05, 0.1) is 6.54 Å². The fourth-order valence-corrected chi connectivity index (χ4v) is 2.44. The van der Waals surface area contributed by atoms with Crippen molar-refractivity contribution in [1.29, 1.82) is 10.5 Å². The molecule has 0 unspecified atom stereocenters. The van der Waals surface area contributed by atoms with E-state index in [0.29, 0.717) is 13.1 Å². The predicted octanol–water partition coefficient (Wildman–Crippen LogP) is 3.32. The number of hydrogen-bond donors (Lipinski definition) is 1. The van der Waals surface area contributed by atoms with E-state index >= 15 is 0 Å². The summed E-state index contributed by atoms with van der Waals surface area (Å²) in [7, 11) is 0. The lowest BCUT2D eigenvalue weighted by Gasteiger charge is -2.32. The third kappa shape index (κ3) is 4.27. The Morgan fingerprint density at radius 2 is 2.04 bits per heavy atom. The normalized spacial score (nSPS) is 13.1. The van der Waals surface area contributed by atoms with E-state index in [1.807, 2.05) is 51.1 Å². The van der Waals surface area contributed by atoms with Crippen molar-refractivity contribution in [2.24, 2.45) is 0 Å². The first kappa shape index (κ1) is 17.4. The van der Waals surface area contributed by atoms with E-state index in [0.717, 1.165) is 23.2 Å². The summed E-state index contributed by atoms with van der Waals surface area (Å²) in [5.74, 6) is 0. The van der Waals surface area contributed by atoms with Crippen molar-refractivity contribution in [1.82, 2.24) is 4.90 Å². The minimum Gasteiger partial charge on any atom is -0.444 e. The highest BCUT2D eigenvalue weighted by molar-refractivity contribution is 5.70. The summed E-state index contributed by atoms with van der Waals surface area (Å²) in [6, 6.07) is 9.41. The minimum absolute atomic E-state index is 0.00703. The second-order valence-corrected chi connectivity index (χ2v) is 6.52. The number of fused-ring (bicyclic) bond motifs is 1. The molecule has 0 aromatic heterocycles. The van der Waals surface area contributed by atoms with E-state index in [9.17, 15) is 4.79 Å². The highest BCUT2D eigenvalue weighted by atomic mass is 16.6. The third-order valence-corrected chi connectivity index (χ3v) is 3.54. The zero-order valence-electron chi connectivity index (χ0n) is 14.1. The van der Waals surface area contributed by atoms with Crippen LogP contribution in [-0.2, 0) is 17.7 Å². The number of anilines is 1. The van der Waals surface area contributed by atoms with E-state index in [-0.39, 0.29) is 11.7 Å². The van der Waals surface area contributed by atoms with Crippen molar-refractivity contribution in [2.45, 2.75) is 39.3 Å². The Kier molecular flexibility index (Phi) is 5.11. The Balaban J connectivity index is 2.21. The van der Waals surface area contributed by atoms with E-state index in [1.54, 1.807) is 4.90 Å². The molecule has 1 amide bonds. The molecule has 1 aromatic carbocycles. The van der Waals surface area contributed by atoms with Crippen molar-refractivity contribution in [3.05, 3.63) is 41.1 Å². The number of rotatable bonds is 2. The first-order chi connectivity index (χ1) is 11.3. The molecule has 0 aliphatic carbocycles. The number of allylic oxidation sites excluding steroid dienone is 1. The first-order valence-corrected chi connectivity index (χ1v) is 7.69. The van der Waals surface area contributed by atoms with Crippen molar-refractivity contribution < 1.29 is 9.53 Å². The van der Waals surface area contributed by atoms with Crippen molar-refractivity contribution in [3.63, 3.8) is 0 Å². The van der Waals surface area contributed by atoms with Gasteiger partial charge in [-0.3, -0.25) is 0 Å². The highest BCUT2D eigenvalue weighted by Crippen LogP contribution is 2.27. The van der Waals surface area contributed by atoms with Gasteiger partial charge in [-0.1, -0.05) is 12.1 Å². The lowest BCUT2D eigenvalue weighted by molar-refractivity contribution is 0.0224. The van der Waals surface area contributed by atoms with E-state index in [2.05, 4.69) is 5.32 Å². The van der Waals surface area contributed by atoms with Gasteiger partial charge in [-0.05, 0) is 44.4 Å². The molecule has 124 valence electrons. The van der Waals surface area contributed by atoms with Gasteiger partial charge >= 0.3 is 6.09 Å². The molecule has 1 aromatic rings. The number of ether oxygens (including phenoxy) is 1. The summed E-state index contributed by atoms with van der Waals surface area (Å²) >= 11 is 0. The maximum atomic E-state index is 12.3. The van der Waals surface area contributed by atoms with Gasteiger partial charge in [-0.15, -0.1) is 0 Å². The lowest BCUT2D eigenvalue weighted by atomic mass is 9.98. The van der Waals surface area contributed by atoms with Crippen LogP contribution < -0.4 is 5.32 Å². The van der Waals surface area contributed by atoms with Crippen LogP contribution in [0.4, 0.5) is 10.5 Å². The van der Waals surface area contributed by atoms with Crippen molar-refractivity contribution >= 4 is 11.8 Å². The van der Waals surface area contributed by atoms with Crippen LogP contribution >= 0.6 is 0 Å². The van der Waals surface area contributed by atoms with Gasteiger partial charge in [-0.2, -0.15) is 10.5 Å². The maximum absolute atomic E-state index is 12.3. The molecule has 24 heavy (non-hydrogen) atoms. The molecule has 1 N–H and O–H groups in total. The quantitative estimate of drug-likeness (QED) is 0.843.